The van der Waals surface area contributed by atoms with E-state index in [-0.39, 0.29) is 63.0 Å². The van der Waals surface area contributed by atoms with Gasteiger partial charge in [0.2, 0.25) is 0 Å². The molecule has 11 aromatic rings. The second kappa shape index (κ2) is 19.7. The van der Waals surface area contributed by atoms with E-state index in [1.54, 1.807) is 30.3 Å². The van der Waals surface area contributed by atoms with Crippen LogP contribution >= 0.6 is 0 Å². The topological polar surface area (TPSA) is 112 Å². The van der Waals surface area contributed by atoms with E-state index < -0.39 is 23.6 Å². The number of amides is 4. The highest BCUT2D eigenvalue weighted by Crippen LogP contribution is 2.58. The van der Waals surface area contributed by atoms with E-state index >= 15 is 19.2 Å². The molecule has 0 unspecified atom stereocenters. The first-order chi connectivity index (χ1) is 39.3. The fourth-order valence-corrected chi connectivity index (χ4v) is 11.9. The van der Waals surface area contributed by atoms with Gasteiger partial charge in [0.15, 0.2) is 0 Å². The first kappa shape index (κ1) is 50.4. The van der Waals surface area contributed by atoms with Gasteiger partial charge in [0.1, 0.15) is 46.0 Å². The Morgan fingerprint density at radius 1 is 0.333 bits per heavy atom. The molecule has 0 radical (unpaired) electrons. The van der Waals surface area contributed by atoms with Gasteiger partial charge in [-0.25, -0.2) is 9.80 Å². The molecule has 396 valence electrons. The molecule has 0 bridgehead atoms. The van der Waals surface area contributed by atoms with Crippen molar-refractivity contribution in [3.63, 3.8) is 0 Å². The van der Waals surface area contributed by atoms with Crippen LogP contribution in [0.4, 0.5) is 11.4 Å². The molecule has 2 aliphatic heterocycles. The van der Waals surface area contributed by atoms with Crippen LogP contribution in [0.2, 0.25) is 0 Å². The van der Waals surface area contributed by atoms with Gasteiger partial charge in [-0.15, -0.1) is 0 Å². The minimum absolute atomic E-state index is 0.0606. The van der Waals surface area contributed by atoms with Crippen molar-refractivity contribution in [1.29, 1.82) is 0 Å². The lowest BCUT2D eigenvalue weighted by atomic mass is 9.80. The highest BCUT2D eigenvalue weighted by molar-refractivity contribution is 6.48. The van der Waals surface area contributed by atoms with Crippen LogP contribution in [0.3, 0.4) is 0 Å². The zero-order valence-corrected chi connectivity index (χ0v) is 45.5. The molecule has 0 fully saturated rings. The molecule has 0 spiro atoms. The Balaban J connectivity index is 1.26. The molecular formula is C71H54N2O8. The number of anilines is 2. The molecule has 2 aliphatic rings. The highest BCUT2D eigenvalue weighted by atomic mass is 16.5. The Morgan fingerprint density at radius 2 is 0.605 bits per heavy atom. The summed E-state index contributed by atoms with van der Waals surface area (Å²) < 4.78 is 28.5. The standard InChI is InChI=1S/C71H54N2O8/c1-8-42-23-21-32-47(39(2)3)66(42)72-68(74)50-35-54(78-43-24-13-9-14-25-43)60-62-56(80-45-28-17-11-18-29-45)37-52-59-53(71(77)73(70(52)76)67-48(40(4)5)33-22-34-49(67)41(6)7)38-57(81-46-30-19-12-20-31-46)63(65(59)62)61-55(79-44-26-15-10-16-27-44)36-51(69(72)75)58(50)64(60)61/h8-41H,1H2,2-7H3. The number of benzene rings is 11. The second-order valence-corrected chi connectivity index (χ2v) is 21.5. The first-order valence-electron chi connectivity index (χ1n) is 27.3. The molecule has 13 rings (SSSR count). The Morgan fingerprint density at radius 3 is 0.889 bits per heavy atom. The first-order valence-corrected chi connectivity index (χ1v) is 27.3. The number of nitrogens with zero attached hydrogens (tertiary/aromatic N) is 2. The third-order valence-corrected chi connectivity index (χ3v) is 15.5. The number of carbonyl (C=O) groups is 4. The van der Waals surface area contributed by atoms with Gasteiger partial charge in [-0.1, -0.05) is 163 Å². The number of rotatable bonds is 14. The number of carbonyl (C=O) groups excluding carboxylic acids is 4. The third kappa shape index (κ3) is 8.08. The van der Waals surface area contributed by atoms with Crippen LogP contribution in [0.25, 0.3) is 49.2 Å². The Kier molecular flexibility index (Phi) is 12.3. The number of hydrogen-bond donors (Lipinski definition) is 0. The number of para-hydroxylation sites is 6. The lowest BCUT2D eigenvalue weighted by Gasteiger charge is -2.34. The van der Waals surface area contributed by atoms with Crippen molar-refractivity contribution in [1.82, 2.24) is 0 Å². The molecule has 4 amide bonds. The number of fused-ring (bicyclic) bond motifs is 2. The summed E-state index contributed by atoms with van der Waals surface area (Å²) in [7, 11) is 0. The molecule has 0 saturated heterocycles. The van der Waals surface area contributed by atoms with Crippen LogP contribution in [0.1, 0.15) is 123 Å². The van der Waals surface area contributed by atoms with Crippen LogP contribution in [-0.2, 0) is 0 Å². The van der Waals surface area contributed by atoms with Gasteiger partial charge in [0.25, 0.3) is 23.6 Å². The van der Waals surface area contributed by atoms with Crippen molar-refractivity contribution in [2.75, 3.05) is 9.80 Å². The summed E-state index contributed by atoms with van der Waals surface area (Å²) in [5.74, 6) is 0.308. The number of ether oxygens (including phenoxy) is 4. The van der Waals surface area contributed by atoms with Crippen LogP contribution in [0.5, 0.6) is 46.0 Å². The van der Waals surface area contributed by atoms with E-state index in [9.17, 15) is 0 Å². The van der Waals surface area contributed by atoms with E-state index in [0.717, 1.165) is 16.7 Å². The predicted octanol–water partition coefficient (Wildman–Crippen LogP) is 18.5. The van der Waals surface area contributed by atoms with Crippen molar-refractivity contribution >= 4 is 84.2 Å². The van der Waals surface area contributed by atoms with E-state index in [0.29, 0.717) is 83.0 Å². The highest BCUT2D eigenvalue weighted by Gasteiger charge is 2.44. The summed E-state index contributed by atoms with van der Waals surface area (Å²) in [5, 5.41) is 3.29. The van der Waals surface area contributed by atoms with Crippen molar-refractivity contribution in [3.8, 4) is 46.0 Å². The Bertz CT molecular complexity index is 4180. The summed E-state index contributed by atoms with van der Waals surface area (Å²) in [6.07, 6.45) is 1.66. The third-order valence-electron chi connectivity index (χ3n) is 15.5. The van der Waals surface area contributed by atoms with Gasteiger partial charge < -0.3 is 18.9 Å². The molecule has 10 nitrogen and oxygen atoms in total. The zero-order valence-electron chi connectivity index (χ0n) is 45.5. The van der Waals surface area contributed by atoms with E-state index in [4.69, 9.17) is 18.9 Å². The second-order valence-electron chi connectivity index (χ2n) is 21.5. The van der Waals surface area contributed by atoms with E-state index in [1.165, 1.54) is 9.80 Å². The van der Waals surface area contributed by atoms with E-state index in [2.05, 4.69) is 34.3 Å². The lowest BCUT2D eigenvalue weighted by molar-refractivity contribution is 0.0877. The van der Waals surface area contributed by atoms with Crippen molar-refractivity contribution in [2.24, 2.45) is 0 Å². The molecular weight excluding hydrogens is 1010 g/mol. The maximum Gasteiger partial charge on any atom is 0.266 e. The smallest absolute Gasteiger partial charge is 0.266 e. The molecule has 0 N–H and O–H groups in total. The van der Waals surface area contributed by atoms with Gasteiger partial charge >= 0.3 is 0 Å². The quantitative estimate of drug-likeness (QED) is 0.0601. The van der Waals surface area contributed by atoms with Crippen molar-refractivity contribution in [2.45, 2.75) is 59.3 Å². The molecule has 0 aromatic heterocycles. The van der Waals surface area contributed by atoms with Gasteiger partial charge in [0, 0.05) is 43.1 Å². The van der Waals surface area contributed by atoms with Crippen molar-refractivity contribution in [3.05, 3.63) is 233 Å². The van der Waals surface area contributed by atoms with Crippen LogP contribution < -0.4 is 28.7 Å². The molecule has 2 heterocycles. The summed E-state index contributed by atoms with van der Waals surface area (Å²) in [5.41, 5.74) is 4.82. The average molecular weight is 1060 g/mol. The van der Waals surface area contributed by atoms with Crippen molar-refractivity contribution < 1.29 is 38.1 Å². The largest absolute Gasteiger partial charge is 0.457 e. The minimum Gasteiger partial charge on any atom is -0.457 e. The number of imide groups is 2. The predicted molar refractivity (Wildman–Crippen MR) is 321 cm³/mol. The molecule has 0 aliphatic carbocycles. The fraction of sp³-hybridized carbons (Fsp3) is 0.127. The van der Waals surface area contributed by atoms with Gasteiger partial charge in [-0.05, 0) is 113 Å². The minimum atomic E-state index is -0.577. The number of hydrogen-bond acceptors (Lipinski definition) is 8. The van der Waals surface area contributed by atoms with Crippen LogP contribution in [0.15, 0.2) is 189 Å². The Labute approximate surface area is 468 Å². The van der Waals surface area contributed by atoms with Crippen LogP contribution in [0, 0.1) is 0 Å². The molecule has 0 saturated carbocycles. The summed E-state index contributed by atoms with van der Waals surface area (Å²) in [6, 6.07) is 55.4. The SMILES string of the molecule is C=Cc1cccc(C(C)C)c1N1C(=O)c2cc(Oc3ccccc3)c3c4c(Oc5ccccc5)cc5c6c(cc(Oc7ccccc7)c(c7c(Oc8ccccc8)cc(c2c37)C1=O)c64)C(=O)N(c1c(C(C)C)cccc1C(C)C)C5=O. The van der Waals surface area contributed by atoms with E-state index in [1.807, 2.05) is 172 Å². The van der Waals surface area contributed by atoms with Crippen LogP contribution in [-0.4, -0.2) is 23.6 Å². The fourth-order valence-electron chi connectivity index (χ4n) is 11.9. The summed E-state index contributed by atoms with van der Waals surface area (Å²) in [6.45, 7) is 16.4. The lowest BCUT2D eigenvalue weighted by Crippen LogP contribution is -2.42. The summed E-state index contributed by atoms with van der Waals surface area (Å²) in [4.78, 5) is 66.7. The van der Waals surface area contributed by atoms with Gasteiger partial charge in [-0.3, -0.25) is 19.2 Å². The molecule has 10 heteroatoms. The molecule has 81 heavy (non-hydrogen) atoms. The maximum atomic E-state index is 16.1. The summed E-state index contributed by atoms with van der Waals surface area (Å²) >= 11 is 0. The monoisotopic (exact) mass is 1060 g/mol. The van der Waals surface area contributed by atoms with Gasteiger partial charge in [0.05, 0.1) is 33.6 Å². The van der Waals surface area contributed by atoms with Gasteiger partial charge in [-0.2, -0.15) is 0 Å². The molecule has 11 aromatic carbocycles. The average Bonchev–Trinajstić information content (AvgIpc) is 1.35. The Hall–Kier alpha value is -10.1. The molecule has 0 atom stereocenters. The zero-order chi connectivity index (χ0) is 56.0. The maximum absolute atomic E-state index is 16.1. The normalized spacial score (nSPS) is 13.2.